The maximum atomic E-state index is 13.2. The third kappa shape index (κ3) is 4.05. The van der Waals surface area contributed by atoms with Crippen molar-refractivity contribution in [3.8, 4) is 0 Å². The van der Waals surface area contributed by atoms with Crippen molar-refractivity contribution in [2.75, 3.05) is 27.2 Å². The second-order valence-electron chi connectivity index (χ2n) is 4.98. The number of benzene rings is 1. The van der Waals surface area contributed by atoms with Gasteiger partial charge in [-0.3, -0.25) is 9.59 Å². The molecule has 0 unspecified atom stereocenters. The number of aryl methyl sites for hydroxylation is 1. The standard InChI is InChI=1S/C15H21FN2O2/c1-5-8-18(10-14(19)17(3)4)15(20)12-6-7-13(16)11(2)9-12/h6-7,9H,5,8,10H2,1-4H3. The van der Waals surface area contributed by atoms with Crippen LogP contribution in [0.25, 0.3) is 0 Å². The van der Waals surface area contributed by atoms with Crippen molar-refractivity contribution in [3.63, 3.8) is 0 Å². The second-order valence-corrected chi connectivity index (χ2v) is 4.98. The van der Waals surface area contributed by atoms with E-state index in [9.17, 15) is 14.0 Å². The average Bonchev–Trinajstić information content (AvgIpc) is 2.40. The molecule has 20 heavy (non-hydrogen) atoms. The number of hydrogen-bond donors (Lipinski definition) is 0. The van der Waals surface area contributed by atoms with Crippen LogP contribution in [0.4, 0.5) is 4.39 Å². The van der Waals surface area contributed by atoms with Crippen LogP contribution >= 0.6 is 0 Å². The number of likely N-dealkylation sites (N-methyl/N-ethyl adjacent to an activating group) is 1. The Kier molecular flexibility index (Phi) is 5.67. The lowest BCUT2D eigenvalue weighted by Crippen LogP contribution is -2.40. The molecule has 1 aromatic carbocycles. The van der Waals surface area contributed by atoms with Crippen molar-refractivity contribution < 1.29 is 14.0 Å². The molecule has 2 amide bonds. The topological polar surface area (TPSA) is 40.6 Å². The Morgan fingerprint density at radius 3 is 2.40 bits per heavy atom. The van der Waals surface area contributed by atoms with E-state index in [-0.39, 0.29) is 24.2 Å². The van der Waals surface area contributed by atoms with Gasteiger partial charge >= 0.3 is 0 Å². The first-order valence-corrected chi connectivity index (χ1v) is 6.62. The van der Waals surface area contributed by atoms with Gasteiger partial charge in [-0.1, -0.05) is 6.92 Å². The summed E-state index contributed by atoms with van der Waals surface area (Å²) in [5, 5.41) is 0. The lowest BCUT2D eigenvalue weighted by Gasteiger charge is -2.23. The zero-order chi connectivity index (χ0) is 15.3. The van der Waals surface area contributed by atoms with E-state index >= 15 is 0 Å². The predicted octanol–water partition coefficient (Wildman–Crippen LogP) is 2.07. The first kappa shape index (κ1) is 16.1. The third-order valence-corrected chi connectivity index (χ3v) is 3.01. The van der Waals surface area contributed by atoms with E-state index in [4.69, 9.17) is 0 Å². The van der Waals surface area contributed by atoms with Crippen LogP contribution in [0.15, 0.2) is 18.2 Å². The molecular formula is C15H21FN2O2. The molecule has 0 radical (unpaired) electrons. The van der Waals surface area contributed by atoms with Crippen LogP contribution in [-0.4, -0.2) is 48.8 Å². The summed E-state index contributed by atoms with van der Waals surface area (Å²) >= 11 is 0. The molecular weight excluding hydrogens is 259 g/mol. The van der Waals surface area contributed by atoms with E-state index in [0.29, 0.717) is 17.7 Å². The van der Waals surface area contributed by atoms with Crippen LogP contribution in [0.3, 0.4) is 0 Å². The molecule has 5 heteroatoms. The zero-order valence-corrected chi connectivity index (χ0v) is 12.4. The van der Waals surface area contributed by atoms with Crippen LogP contribution in [0.1, 0.15) is 29.3 Å². The summed E-state index contributed by atoms with van der Waals surface area (Å²) in [5.41, 5.74) is 0.829. The molecule has 0 spiro atoms. The summed E-state index contributed by atoms with van der Waals surface area (Å²) in [5.74, 6) is -0.719. The zero-order valence-electron chi connectivity index (χ0n) is 12.4. The average molecular weight is 280 g/mol. The molecule has 0 aromatic heterocycles. The number of nitrogens with zero attached hydrogens (tertiary/aromatic N) is 2. The summed E-state index contributed by atoms with van der Waals surface area (Å²) in [6.07, 6.45) is 0.757. The van der Waals surface area contributed by atoms with E-state index in [0.717, 1.165) is 6.42 Å². The highest BCUT2D eigenvalue weighted by Crippen LogP contribution is 2.12. The monoisotopic (exact) mass is 280 g/mol. The first-order valence-electron chi connectivity index (χ1n) is 6.62. The van der Waals surface area contributed by atoms with Gasteiger partial charge in [-0.2, -0.15) is 0 Å². The molecule has 0 saturated heterocycles. The Labute approximate surface area is 119 Å². The Morgan fingerprint density at radius 1 is 1.25 bits per heavy atom. The van der Waals surface area contributed by atoms with Gasteiger partial charge in [0.1, 0.15) is 12.4 Å². The number of halogens is 1. The minimum absolute atomic E-state index is 0.0378. The van der Waals surface area contributed by atoms with Crippen molar-refractivity contribution >= 4 is 11.8 Å². The molecule has 1 rings (SSSR count). The summed E-state index contributed by atoms with van der Waals surface area (Å²) in [6, 6.07) is 4.24. The molecule has 0 bridgehead atoms. The molecule has 0 fully saturated rings. The third-order valence-electron chi connectivity index (χ3n) is 3.01. The van der Waals surface area contributed by atoms with Crippen molar-refractivity contribution in [2.24, 2.45) is 0 Å². The summed E-state index contributed by atoms with van der Waals surface area (Å²) in [6.45, 7) is 4.09. The molecule has 110 valence electrons. The van der Waals surface area contributed by atoms with Crippen molar-refractivity contribution in [2.45, 2.75) is 20.3 Å². The summed E-state index contributed by atoms with van der Waals surface area (Å²) in [4.78, 5) is 27.1. The Balaban J connectivity index is 2.92. The van der Waals surface area contributed by atoms with Crippen molar-refractivity contribution in [1.29, 1.82) is 0 Å². The van der Waals surface area contributed by atoms with Gasteiger partial charge in [0.2, 0.25) is 5.91 Å². The van der Waals surface area contributed by atoms with Gasteiger partial charge in [0.05, 0.1) is 0 Å². The number of amides is 2. The number of carbonyl (C=O) groups excluding carboxylic acids is 2. The smallest absolute Gasteiger partial charge is 0.254 e. The van der Waals surface area contributed by atoms with Gasteiger partial charge < -0.3 is 9.80 Å². The number of carbonyl (C=O) groups is 2. The molecule has 1 aromatic rings. The SMILES string of the molecule is CCCN(CC(=O)N(C)C)C(=O)c1ccc(F)c(C)c1. The van der Waals surface area contributed by atoms with Gasteiger partial charge in [-0.05, 0) is 37.1 Å². The van der Waals surface area contributed by atoms with Gasteiger partial charge in [0, 0.05) is 26.2 Å². The molecule has 4 nitrogen and oxygen atoms in total. The molecule has 0 heterocycles. The minimum atomic E-state index is -0.340. The van der Waals surface area contributed by atoms with Crippen LogP contribution in [0.2, 0.25) is 0 Å². The fraction of sp³-hybridized carbons (Fsp3) is 0.467. The fourth-order valence-corrected chi connectivity index (χ4v) is 1.79. The normalized spacial score (nSPS) is 10.2. The van der Waals surface area contributed by atoms with E-state index < -0.39 is 0 Å². The predicted molar refractivity (Wildman–Crippen MR) is 76.0 cm³/mol. The van der Waals surface area contributed by atoms with E-state index in [1.54, 1.807) is 21.0 Å². The van der Waals surface area contributed by atoms with E-state index in [1.165, 1.54) is 28.0 Å². The number of hydrogen-bond acceptors (Lipinski definition) is 2. The Bertz CT molecular complexity index is 501. The first-order chi connectivity index (χ1) is 9.36. The molecule has 0 N–H and O–H groups in total. The van der Waals surface area contributed by atoms with Crippen LogP contribution in [-0.2, 0) is 4.79 Å². The van der Waals surface area contributed by atoms with Crippen LogP contribution < -0.4 is 0 Å². The highest BCUT2D eigenvalue weighted by atomic mass is 19.1. The fourth-order valence-electron chi connectivity index (χ4n) is 1.79. The van der Waals surface area contributed by atoms with Crippen molar-refractivity contribution in [1.82, 2.24) is 9.80 Å². The van der Waals surface area contributed by atoms with Gasteiger partial charge in [0.15, 0.2) is 0 Å². The maximum absolute atomic E-state index is 13.2. The molecule has 0 aliphatic heterocycles. The van der Waals surface area contributed by atoms with E-state index in [1.807, 2.05) is 6.92 Å². The van der Waals surface area contributed by atoms with Gasteiger partial charge in [0.25, 0.3) is 5.91 Å². The second kappa shape index (κ2) is 7.03. The molecule has 0 aliphatic rings. The highest BCUT2D eigenvalue weighted by Gasteiger charge is 2.19. The molecule has 0 saturated carbocycles. The Morgan fingerprint density at radius 2 is 1.90 bits per heavy atom. The number of rotatable bonds is 5. The molecule has 0 atom stereocenters. The summed E-state index contributed by atoms with van der Waals surface area (Å²) < 4.78 is 13.2. The van der Waals surface area contributed by atoms with Gasteiger partial charge in [-0.25, -0.2) is 4.39 Å². The molecule has 0 aliphatic carbocycles. The lowest BCUT2D eigenvalue weighted by molar-refractivity contribution is -0.129. The van der Waals surface area contributed by atoms with Crippen LogP contribution in [0, 0.1) is 12.7 Å². The van der Waals surface area contributed by atoms with Crippen LogP contribution in [0.5, 0.6) is 0 Å². The minimum Gasteiger partial charge on any atom is -0.347 e. The lowest BCUT2D eigenvalue weighted by atomic mass is 10.1. The maximum Gasteiger partial charge on any atom is 0.254 e. The highest BCUT2D eigenvalue weighted by molar-refractivity contribution is 5.96. The van der Waals surface area contributed by atoms with Crippen molar-refractivity contribution in [3.05, 3.63) is 35.1 Å². The Hall–Kier alpha value is -1.91. The quantitative estimate of drug-likeness (QED) is 0.828. The largest absolute Gasteiger partial charge is 0.347 e. The summed E-state index contributed by atoms with van der Waals surface area (Å²) in [7, 11) is 3.30. The van der Waals surface area contributed by atoms with Gasteiger partial charge in [-0.15, -0.1) is 0 Å². The van der Waals surface area contributed by atoms with E-state index in [2.05, 4.69) is 0 Å².